The largest absolute Gasteiger partial charge is 0.462 e. The molecule has 4 aromatic rings. The van der Waals surface area contributed by atoms with Crippen LogP contribution in [0.2, 0.25) is 0 Å². The zero-order valence-electron chi connectivity index (χ0n) is 17.9. The van der Waals surface area contributed by atoms with Crippen LogP contribution in [0, 0.1) is 0 Å². The Balaban J connectivity index is 1.56. The number of nitrogens with one attached hydrogen (secondary N) is 1. The molecule has 0 aliphatic carbocycles. The van der Waals surface area contributed by atoms with Crippen molar-refractivity contribution in [2.24, 2.45) is 0 Å². The summed E-state index contributed by atoms with van der Waals surface area (Å²) < 4.78 is 7.61. The fraction of sp³-hybridized carbons (Fsp3) is 0.167. The zero-order chi connectivity index (χ0) is 23.4. The molecule has 0 unspecified atom stereocenters. The smallest absolute Gasteiger partial charge is 0.338 e. The lowest BCUT2D eigenvalue weighted by molar-refractivity contribution is -0.116. The second-order valence-electron chi connectivity index (χ2n) is 7.22. The van der Waals surface area contributed by atoms with E-state index < -0.39 is 17.4 Å². The maximum absolute atomic E-state index is 13.1. The summed E-state index contributed by atoms with van der Waals surface area (Å²) in [5.41, 5.74) is 2.32. The van der Waals surface area contributed by atoms with Gasteiger partial charge in [0.15, 0.2) is 0 Å². The molecule has 0 saturated carbocycles. The number of rotatable bonds is 7. The van der Waals surface area contributed by atoms with Gasteiger partial charge >= 0.3 is 5.97 Å². The molecular formula is C24H22N4O5. The molecule has 0 radical (unpaired) electrons. The highest BCUT2D eigenvalue weighted by Gasteiger charge is 2.18. The minimum atomic E-state index is -0.441. The highest BCUT2D eigenvalue weighted by Crippen LogP contribution is 2.24. The summed E-state index contributed by atoms with van der Waals surface area (Å²) >= 11 is 0. The van der Waals surface area contributed by atoms with Crippen molar-refractivity contribution in [3.05, 3.63) is 88.5 Å². The Morgan fingerprint density at radius 1 is 1.06 bits per heavy atom. The maximum Gasteiger partial charge on any atom is 0.338 e. The summed E-state index contributed by atoms with van der Waals surface area (Å²) in [5, 5.41) is 17.1. The van der Waals surface area contributed by atoms with Crippen molar-refractivity contribution in [1.82, 2.24) is 14.2 Å². The van der Waals surface area contributed by atoms with E-state index in [0.717, 1.165) is 5.56 Å². The van der Waals surface area contributed by atoms with Gasteiger partial charge in [0.1, 0.15) is 12.1 Å². The third-order valence-electron chi connectivity index (χ3n) is 5.06. The third-order valence-corrected chi connectivity index (χ3v) is 5.06. The van der Waals surface area contributed by atoms with Crippen LogP contribution in [0.15, 0.2) is 71.8 Å². The second kappa shape index (κ2) is 9.49. The van der Waals surface area contributed by atoms with Crippen molar-refractivity contribution in [2.75, 3.05) is 11.9 Å². The first-order valence-electron chi connectivity index (χ1n) is 10.4. The lowest BCUT2D eigenvalue weighted by Gasteiger charge is -2.09. The number of aromatic nitrogens is 3. The third kappa shape index (κ3) is 4.53. The van der Waals surface area contributed by atoms with Gasteiger partial charge in [0, 0.05) is 29.2 Å². The first kappa shape index (κ1) is 22.0. The van der Waals surface area contributed by atoms with Crippen LogP contribution in [0.5, 0.6) is 0 Å². The molecule has 0 atom stereocenters. The highest BCUT2D eigenvalue weighted by atomic mass is 16.5. The van der Waals surface area contributed by atoms with Crippen molar-refractivity contribution in [3.63, 3.8) is 0 Å². The standard InChI is InChI=1S/C24H22N4O5/c1-2-33-24(32)17-8-10-18(11-9-17)25-20(30)14-27-12-13-28-22(23(27)31)19(15-29)21(26-28)16-6-4-3-5-7-16/h3-13,29H,2,14-15H2,1H3,(H,25,30). The molecule has 2 aromatic heterocycles. The van der Waals surface area contributed by atoms with Gasteiger partial charge in [0.25, 0.3) is 5.56 Å². The van der Waals surface area contributed by atoms with Crippen molar-refractivity contribution in [3.8, 4) is 11.3 Å². The fourth-order valence-corrected chi connectivity index (χ4v) is 3.51. The van der Waals surface area contributed by atoms with E-state index in [0.29, 0.717) is 22.5 Å². The molecule has 2 aromatic carbocycles. The number of amides is 1. The number of aliphatic hydroxyl groups excluding tert-OH is 1. The molecule has 0 bridgehead atoms. The minimum Gasteiger partial charge on any atom is -0.462 e. The predicted molar refractivity (Wildman–Crippen MR) is 122 cm³/mol. The van der Waals surface area contributed by atoms with Crippen LogP contribution in [0.25, 0.3) is 16.8 Å². The minimum absolute atomic E-state index is 0.213. The number of aliphatic hydroxyl groups is 1. The van der Waals surface area contributed by atoms with Gasteiger partial charge in [0.2, 0.25) is 5.91 Å². The van der Waals surface area contributed by atoms with Gasteiger partial charge in [-0.15, -0.1) is 0 Å². The Morgan fingerprint density at radius 2 is 1.79 bits per heavy atom. The quantitative estimate of drug-likeness (QED) is 0.422. The number of anilines is 1. The molecule has 0 aliphatic rings. The topological polar surface area (TPSA) is 115 Å². The molecule has 9 nitrogen and oxygen atoms in total. The molecule has 33 heavy (non-hydrogen) atoms. The van der Waals surface area contributed by atoms with E-state index in [1.54, 1.807) is 37.4 Å². The summed E-state index contributed by atoms with van der Waals surface area (Å²) in [6, 6.07) is 15.5. The van der Waals surface area contributed by atoms with Crippen LogP contribution < -0.4 is 10.9 Å². The number of esters is 1. The highest BCUT2D eigenvalue weighted by molar-refractivity contribution is 5.93. The van der Waals surface area contributed by atoms with Gasteiger partial charge in [-0.05, 0) is 31.2 Å². The normalized spacial score (nSPS) is 10.8. The van der Waals surface area contributed by atoms with Crippen LogP contribution in [0.1, 0.15) is 22.8 Å². The number of fused-ring (bicyclic) bond motifs is 1. The number of carbonyl (C=O) groups is 2. The second-order valence-corrected chi connectivity index (χ2v) is 7.22. The van der Waals surface area contributed by atoms with Crippen LogP contribution in [-0.2, 0) is 22.7 Å². The van der Waals surface area contributed by atoms with E-state index in [1.807, 2.05) is 30.3 Å². The summed E-state index contributed by atoms with van der Waals surface area (Å²) in [6.07, 6.45) is 3.05. The van der Waals surface area contributed by atoms with Gasteiger partial charge in [-0.1, -0.05) is 30.3 Å². The van der Waals surface area contributed by atoms with E-state index in [9.17, 15) is 19.5 Å². The SMILES string of the molecule is CCOC(=O)c1ccc(NC(=O)Cn2ccn3nc(-c4ccccc4)c(CO)c3c2=O)cc1. The Morgan fingerprint density at radius 3 is 2.45 bits per heavy atom. The summed E-state index contributed by atoms with van der Waals surface area (Å²) in [7, 11) is 0. The lowest BCUT2D eigenvalue weighted by Crippen LogP contribution is -2.28. The van der Waals surface area contributed by atoms with Gasteiger partial charge in [0.05, 0.1) is 24.5 Å². The van der Waals surface area contributed by atoms with E-state index in [1.165, 1.54) is 15.3 Å². The van der Waals surface area contributed by atoms with Crippen LogP contribution in [-0.4, -0.2) is 37.8 Å². The first-order chi connectivity index (χ1) is 16.0. The maximum atomic E-state index is 13.1. The summed E-state index contributed by atoms with van der Waals surface area (Å²) in [5.74, 6) is -0.857. The molecule has 0 aliphatic heterocycles. The number of hydrogen-bond acceptors (Lipinski definition) is 6. The number of ether oxygens (including phenoxy) is 1. The van der Waals surface area contributed by atoms with E-state index in [2.05, 4.69) is 10.4 Å². The van der Waals surface area contributed by atoms with Crippen molar-refractivity contribution in [2.45, 2.75) is 20.1 Å². The molecule has 0 spiro atoms. The predicted octanol–water partition coefficient (Wildman–Crippen LogP) is 2.47. The average Bonchev–Trinajstić information content (AvgIpc) is 3.21. The Bertz CT molecular complexity index is 1360. The molecule has 9 heteroatoms. The summed E-state index contributed by atoms with van der Waals surface area (Å²) in [6.45, 7) is 1.40. The fourth-order valence-electron chi connectivity index (χ4n) is 3.51. The number of benzene rings is 2. The average molecular weight is 446 g/mol. The van der Waals surface area contributed by atoms with E-state index >= 15 is 0 Å². The van der Waals surface area contributed by atoms with Crippen molar-refractivity contribution >= 4 is 23.1 Å². The number of hydrogen-bond donors (Lipinski definition) is 2. The van der Waals surface area contributed by atoms with Crippen LogP contribution in [0.3, 0.4) is 0 Å². The van der Waals surface area contributed by atoms with E-state index in [-0.39, 0.29) is 25.3 Å². The Hall–Kier alpha value is -4.24. The lowest BCUT2D eigenvalue weighted by atomic mass is 10.1. The Kier molecular flexibility index (Phi) is 6.32. The molecule has 2 N–H and O–H groups in total. The molecular weight excluding hydrogens is 424 g/mol. The molecule has 4 rings (SSSR count). The number of carbonyl (C=O) groups excluding carboxylic acids is 2. The first-order valence-corrected chi connectivity index (χ1v) is 10.4. The van der Waals surface area contributed by atoms with Gasteiger partial charge < -0.3 is 19.7 Å². The van der Waals surface area contributed by atoms with Crippen LogP contribution in [0.4, 0.5) is 5.69 Å². The summed E-state index contributed by atoms with van der Waals surface area (Å²) in [4.78, 5) is 37.4. The van der Waals surface area contributed by atoms with Crippen LogP contribution >= 0.6 is 0 Å². The van der Waals surface area contributed by atoms with Crippen molar-refractivity contribution < 1.29 is 19.4 Å². The Labute approximate surface area is 188 Å². The van der Waals surface area contributed by atoms with E-state index in [4.69, 9.17) is 4.74 Å². The van der Waals surface area contributed by atoms with Gasteiger partial charge in [-0.25, -0.2) is 9.31 Å². The number of nitrogens with zero attached hydrogens (tertiary/aromatic N) is 3. The van der Waals surface area contributed by atoms with Gasteiger partial charge in [-0.3, -0.25) is 9.59 Å². The van der Waals surface area contributed by atoms with Crippen molar-refractivity contribution in [1.29, 1.82) is 0 Å². The van der Waals surface area contributed by atoms with Gasteiger partial charge in [-0.2, -0.15) is 5.10 Å². The molecule has 0 fully saturated rings. The monoisotopic (exact) mass is 446 g/mol. The zero-order valence-corrected chi connectivity index (χ0v) is 17.9. The molecule has 2 heterocycles. The molecule has 168 valence electrons. The molecule has 1 amide bonds. The molecule has 0 saturated heterocycles.